The summed E-state index contributed by atoms with van der Waals surface area (Å²) in [4.78, 5) is 0. The van der Waals surface area contributed by atoms with Gasteiger partial charge in [-0.15, -0.1) is 0 Å². The van der Waals surface area contributed by atoms with Crippen LogP contribution < -0.4 is 11.3 Å². The third-order valence-corrected chi connectivity index (χ3v) is 3.08. The first-order valence-electron chi connectivity index (χ1n) is 5.29. The van der Waals surface area contributed by atoms with E-state index in [1.807, 2.05) is 6.92 Å². The van der Waals surface area contributed by atoms with Crippen LogP contribution in [0.25, 0.3) is 0 Å². The van der Waals surface area contributed by atoms with Gasteiger partial charge < -0.3 is 4.74 Å². The van der Waals surface area contributed by atoms with Gasteiger partial charge in [-0.25, -0.2) is 8.78 Å². The van der Waals surface area contributed by atoms with Gasteiger partial charge in [-0.3, -0.25) is 11.3 Å². The summed E-state index contributed by atoms with van der Waals surface area (Å²) in [5, 5.41) is 0. The van der Waals surface area contributed by atoms with E-state index in [9.17, 15) is 8.78 Å². The van der Waals surface area contributed by atoms with Crippen molar-refractivity contribution in [2.75, 3.05) is 13.2 Å². The molecule has 6 heteroatoms. The van der Waals surface area contributed by atoms with E-state index in [1.54, 1.807) is 0 Å². The molecular weight excluding hydrogens is 294 g/mol. The number of nitrogens with two attached hydrogens (primary N) is 1. The molecule has 0 saturated carbocycles. The molecule has 3 nitrogen and oxygen atoms in total. The van der Waals surface area contributed by atoms with E-state index in [2.05, 4.69) is 21.4 Å². The first-order chi connectivity index (χ1) is 8.11. The zero-order valence-corrected chi connectivity index (χ0v) is 11.1. The lowest BCUT2D eigenvalue weighted by atomic mass is 10.1. The Balaban J connectivity index is 2.85. The van der Waals surface area contributed by atoms with Crippen LogP contribution in [0.4, 0.5) is 8.78 Å². The van der Waals surface area contributed by atoms with Gasteiger partial charge in [-0.2, -0.15) is 0 Å². The Bertz CT molecular complexity index is 377. The normalized spacial score (nSPS) is 12.8. The molecule has 0 aliphatic rings. The number of rotatable bonds is 6. The van der Waals surface area contributed by atoms with Gasteiger partial charge in [-0.1, -0.05) is 13.0 Å². The Morgan fingerprint density at radius 3 is 2.76 bits per heavy atom. The molecular formula is C11H15BrF2N2O. The number of hydrogen-bond acceptors (Lipinski definition) is 3. The number of ether oxygens (including phenoxy) is 1. The van der Waals surface area contributed by atoms with Crippen LogP contribution in [-0.2, 0) is 4.74 Å². The molecule has 0 amide bonds. The van der Waals surface area contributed by atoms with E-state index in [0.29, 0.717) is 18.8 Å². The Kier molecular flexibility index (Phi) is 5.97. The molecule has 0 aliphatic heterocycles. The highest BCUT2D eigenvalue weighted by molar-refractivity contribution is 9.10. The molecule has 0 bridgehead atoms. The molecule has 1 rings (SSSR count). The van der Waals surface area contributed by atoms with E-state index < -0.39 is 11.6 Å². The molecule has 0 spiro atoms. The first kappa shape index (κ1) is 14.5. The summed E-state index contributed by atoms with van der Waals surface area (Å²) >= 11 is 3.02. The van der Waals surface area contributed by atoms with Gasteiger partial charge in [0.15, 0.2) is 11.6 Å². The molecule has 1 aromatic rings. The highest BCUT2D eigenvalue weighted by atomic mass is 79.9. The Labute approximate surface area is 107 Å². The van der Waals surface area contributed by atoms with Crippen molar-refractivity contribution >= 4 is 15.9 Å². The molecule has 0 saturated heterocycles. The van der Waals surface area contributed by atoms with Crippen LogP contribution in [0.5, 0.6) is 0 Å². The van der Waals surface area contributed by atoms with Crippen molar-refractivity contribution in [3.05, 3.63) is 33.8 Å². The average Bonchev–Trinajstić information content (AvgIpc) is 2.33. The van der Waals surface area contributed by atoms with Crippen LogP contribution in [0, 0.1) is 11.6 Å². The smallest absolute Gasteiger partial charge is 0.173 e. The second-order valence-corrected chi connectivity index (χ2v) is 4.35. The molecule has 0 heterocycles. The lowest BCUT2D eigenvalue weighted by Crippen LogP contribution is -2.32. The van der Waals surface area contributed by atoms with Crippen molar-refractivity contribution in [3.8, 4) is 0 Å². The summed E-state index contributed by atoms with van der Waals surface area (Å²) in [5.41, 5.74) is 3.05. The Hall–Kier alpha value is -0.560. The highest BCUT2D eigenvalue weighted by Crippen LogP contribution is 2.27. The quantitative estimate of drug-likeness (QED) is 0.367. The molecule has 0 aromatic heterocycles. The standard InChI is InChI=1S/C11H15BrF2N2O/c1-2-5-17-6-9(16-15)7-3-4-8(13)11(14)10(7)12/h3-4,9,16H,2,5-6,15H2,1H3. The third kappa shape index (κ3) is 3.70. The molecule has 3 N–H and O–H groups in total. The summed E-state index contributed by atoms with van der Waals surface area (Å²) in [6.07, 6.45) is 0.885. The van der Waals surface area contributed by atoms with Crippen molar-refractivity contribution in [2.45, 2.75) is 19.4 Å². The monoisotopic (exact) mass is 308 g/mol. The van der Waals surface area contributed by atoms with E-state index in [4.69, 9.17) is 10.6 Å². The summed E-state index contributed by atoms with van der Waals surface area (Å²) in [6, 6.07) is 2.16. The van der Waals surface area contributed by atoms with Gasteiger partial charge in [0.25, 0.3) is 0 Å². The molecule has 96 valence electrons. The lowest BCUT2D eigenvalue weighted by molar-refractivity contribution is 0.111. The van der Waals surface area contributed by atoms with E-state index in [0.717, 1.165) is 12.5 Å². The van der Waals surface area contributed by atoms with Crippen molar-refractivity contribution in [1.29, 1.82) is 0 Å². The molecule has 1 aromatic carbocycles. The predicted octanol–water partition coefficient (Wildman–Crippen LogP) is 2.66. The molecule has 1 atom stereocenters. The van der Waals surface area contributed by atoms with Crippen LogP contribution in [0.2, 0.25) is 0 Å². The molecule has 0 aliphatic carbocycles. The minimum absolute atomic E-state index is 0.0700. The number of halogens is 3. The summed E-state index contributed by atoms with van der Waals surface area (Å²) < 4.78 is 31.7. The van der Waals surface area contributed by atoms with E-state index in [1.165, 1.54) is 6.07 Å². The number of hydrogen-bond donors (Lipinski definition) is 2. The van der Waals surface area contributed by atoms with Gasteiger partial charge in [0, 0.05) is 6.61 Å². The number of hydrazine groups is 1. The largest absolute Gasteiger partial charge is 0.379 e. The third-order valence-electron chi connectivity index (χ3n) is 2.27. The minimum atomic E-state index is -0.918. The maximum absolute atomic E-state index is 13.3. The van der Waals surface area contributed by atoms with Gasteiger partial charge >= 0.3 is 0 Å². The van der Waals surface area contributed by atoms with Crippen molar-refractivity contribution in [2.24, 2.45) is 5.84 Å². The SMILES string of the molecule is CCCOCC(NN)c1ccc(F)c(F)c1Br. The minimum Gasteiger partial charge on any atom is -0.379 e. The molecule has 0 radical (unpaired) electrons. The highest BCUT2D eigenvalue weighted by Gasteiger charge is 2.18. The fourth-order valence-electron chi connectivity index (χ4n) is 1.38. The second-order valence-electron chi connectivity index (χ2n) is 3.56. The van der Waals surface area contributed by atoms with Crippen LogP contribution in [0.3, 0.4) is 0 Å². The van der Waals surface area contributed by atoms with E-state index >= 15 is 0 Å². The van der Waals surface area contributed by atoms with Crippen LogP contribution >= 0.6 is 15.9 Å². The zero-order chi connectivity index (χ0) is 12.8. The van der Waals surface area contributed by atoms with Crippen LogP contribution in [-0.4, -0.2) is 13.2 Å². The molecule has 0 fully saturated rings. The zero-order valence-electron chi connectivity index (χ0n) is 9.47. The van der Waals surface area contributed by atoms with Gasteiger partial charge in [0.1, 0.15) is 0 Å². The van der Waals surface area contributed by atoms with Crippen molar-refractivity contribution in [3.63, 3.8) is 0 Å². The van der Waals surface area contributed by atoms with Crippen LogP contribution in [0.1, 0.15) is 24.9 Å². The maximum Gasteiger partial charge on any atom is 0.173 e. The van der Waals surface area contributed by atoms with Gasteiger partial charge in [0.05, 0.1) is 17.1 Å². The van der Waals surface area contributed by atoms with Gasteiger partial charge in [-0.05, 0) is 34.0 Å². The Morgan fingerprint density at radius 1 is 1.47 bits per heavy atom. The van der Waals surface area contributed by atoms with Crippen molar-refractivity contribution in [1.82, 2.24) is 5.43 Å². The predicted molar refractivity (Wildman–Crippen MR) is 65.2 cm³/mol. The number of nitrogens with one attached hydrogen (secondary N) is 1. The summed E-state index contributed by atoms with van der Waals surface area (Å²) in [7, 11) is 0. The van der Waals surface area contributed by atoms with Gasteiger partial charge in [0.2, 0.25) is 0 Å². The average molecular weight is 309 g/mol. The fourth-order valence-corrected chi connectivity index (χ4v) is 1.98. The van der Waals surface area contributed by atoms with Crippen molar-refractivity contribution < 1.29 is 13.5 Å². The fraction of sp³-hybridized carbons (Fsp3) is 0.455. The lowest BCUT2D eigenvalue weighted by Gasteiger charge is -2.18. The topological polar surface area (TPSA) is 47.3 Å². The Morgan fingerprint density at radius 2 is 2.18 bits per heavy atom. The second kappa shape index (κ2) is 7.00. The first-order valence-corrected chi connectivity index (χ1v) is 6.08. The molecule has 1 unspecified atom stereocenters. The summed E-state index contributed by atoms with van der Waals surface area (Å²) in [6.45, 7) is 2.88. The molecule has 17 heavy (non-hydrogen) atoms. The van der Waals surface area contributed by atoms with E-state index in [-0.39, 0.29) is 10.5 Å². The summed E-state index contributed by atoms with van der Waals surface area (Å²) in [5.74, 6) is 3.56. The van der Waals surface area contributed by atoms with Crippen LogP contribution in [0.15, 0.2) is 16.6 Å². The maximum atomic E-state index is 13.3. The number of benzene rings is 1.